The van der Waals surface area contributed by atoms with Crippen molar-refractivity contribution in [1.82, 2.24) is 25.1 Å². The third-order valence-electron chi connectivity index (χ3n) is 3.63. The summed E-state index contributed by atoms with van der Waals surface area (Å²) in [4.78, 5) is 22.5. The van der Waals surface area contributed by atoms with Crippen LogP contribution in [0.15, 0.2) is 24.5 Å². The number of aromatic amines is 1. The molecule has 3 heterocycles. The van der Waals surface area contributed by atoms with E-state index in [1.807, 2.05) is 17.9 Å². The topological polar surface area (TPSA) is 96.0 Å². The summed E-state index contributed by atoms with van der Waals surface area (Å²) in [5.41, 5.74) is 0.698. The van der Waals surface area contributed by atoms with Crippen molar-refractivity contribution in [2.24, 2.45) is 0 Å². The summed E-state index contributed by atoms with van der Waals surface area (Å²) in [5, 5.41) is 9.93. The molecular weight excluding hydrogens is 296 g/mol. The molecule has 1 amide bonds. The number of carbonyl (C=O) groups excluding carboxylic acids is 1. The average molecular weight is 316 g/mol. The van der Waals surface area contributed by atoms with Crippen molar-refractivity contribution in [2.75, 3.05) is 31.6 Å². The van der Waals surface area contributed by atoms with E-state index >= 15 is 0 Å². The summed E-state index contributed by atoms with van der Waals surface area (Å²) in [7, 11) is 0. The van der Waals surface area contributed by atoms with Gasteiger partial charge in [0.25, 0.3) is 0 Å². The van der Waals surface area contributed by atoms with Crippen molar-refractivity contribution in [3.8, 4) is 0 Å². The molecule has 0 spiro atoms. The number of H-pyrrole nitrogens is 1. The number of aryl methyl sites for hydroxylation is 1. The fourth-order valence-electron chi connectivity index (χ4n) is 2.45. The Morgan fingerprint density at radius 1 is 1.57 bits per heavy atom. The Bertz CT molecular complexity index is 644. The minimum absolute atomic E-state index is 0.0668. The van der Waals surface area contributed by atoms with E-state index in [1.54, 1.807) is 18.5 Å². The first-order valence-corrected chi connectivity index (χ1v) is 7.69. The zero-order valence-corrected chi connectivity index (χ0v) is 13.0. The summed E-state index contributed by atoms with van der Waals surface area (Å²) in [6.07, 6.45) is 3.90. The van der Waals surface area contributed by atoms with Crippen molar-refractivity contribution in [3.63, 3.8) is 0 Å². The lowest BCUT2D eigenvalue weighted by molar-refractivity contribution is -0.119. The minimum atomic E-state index is -0.202. The Labute approximate surface area is 134 Å². The van der Waals surface area contributed by atoms with E-state index in [1.165, 1.54) is 0 Å². The summed E-state index contributed by atoms with van der Waals surface area (Å²) in [6, 6.07) is 3.60. The molecule has 2 aromatic rings. The molecule has 0 unspecified atom stereocenters. The number of carbonyl (C=O) groups is 1. The number of pyridine rings is 1. The second-order valence-corrected chi connectivity index (χ2v) is 5.38. The van der Waals surface area contributed by atoms with Crippen LogP contribution in [-0.4, -0.2) is 57.2 Å². The van der Waals surface area contributed by atoms with Crippen molar-refractivity contribution in [1.29, 1.82) is 0 Å². The maximum Gasteiger partial charge on any atom is 0.238 e. The van der Waals surface area contributed by atoms with Crippen molar-refractivity contribution in [3.05, 3.63) is 36.2 Å². The molecule has 1 aliphatic rings. The first-order chi connectivity index (χ1) is 11.2. The van der Waals surface area contributed by atoms with Crippen LogP contribution in [0.25, 0.3) is 0 Å². The summed E-state index contributed by atoms with van der Waals surface area (Å²) < 4.78 is 5.72. The Hall–Kier alpha value is -2.32. The normalized spacial score (nSPS) is 18.7. The van der Waals surface area contributed by atoms with Gasteiger partial charge in [0.05, 0.1) is 25.0 Å². The van der Waals surface area contributed by atoms with E-state index in [4.69, 9.17) is 4.74 Å². The van der Waals surface area contributed by atoms with Crippen LogP contribution in [0.1, 0.15) is 24.7 Å². The van der Waals surface area contributed by atoms with Gasteiger partial charge in [0.2, 0.25) is 5.91 Å². The maximum atomic E-state index is 12.1. The maximum absolute atomic E-state index is 12.1. The second-order valence-electron chi connectivity index (χ2n) is 5.38. The molecule has 1 saturated heterocycles. The number of morpholine rings is 1. The van der Waals surface area contributed by atoms with E-state index in [9.17, 15) is 4.79 Å². The molecule has 2 N–H and O–H groups in total. The predicted octanol–water partition coefficient (Wildman–Crippen LogP) is 0.774. The molecule has 122 valence electrons. The molecule has 23 heavy (non-hydrogen) atoms. The van der Waals surface area contributed by atoms with Crippen molar-refractivity contribution < 1.29 is 9.53 Å². The number of hydrogen-bond donors (Lipinski definition) is 2. The van der Waals surface area contributed by atoms with E-state index in [0.717, 1.165) is 12.2 Å². The van der Waals surface area contributed by atoms with Gasteiger partial charge in [0.15, 0.2) is 5.82 Å². The number of aromatic nitrogens is 4. The van der Waals surface area contributed by atoms with Crippen LogP contribution in [0.4, 0.5) is 5.69 Å². The number of ether oxygens (including phenoxy) is 1. The fourth-order valence-corrected chi connectivity index (χ4v) is 2.45. The number of nitrogens with one attached hydrogen (secondary N) is 2. The lowest BCUT2D eigenvalue weighted by Gasteiger charge is -2.30. The Balaban J connectivity index is 1.55. The lowest BCUT2D eigenvalue weighted by Crippen LogP contribution is -2.42. The van der Waals surface area contributed by atoms with Crippen LogP contribution in [-0.2, 0) is 16.0 Å². The van der Waals surface area contributed by atoms with Crippen LogP contribution in [0, 0.1) is 0 Å². The van der Waals surface area contributed by atoms with Crippen molar-refractivity contribution in [2.45, 2.75) is 19.4 Å². The lowest BCUT2D eigenvalue weighted by atomic mass is 10.2. The molecule has 1 atom stereocenters. The predicted molar refractivity (Wildman–Crippen MR) is 83.8 cm³/mol. The quantitative estimate of drug-likeness (QED) is 0.846. The molecule has 0 radical (unpaired) electrons. The SMILES string of the molecule is CCc1nc([C@H]2CN(CC(=O)Nc3cccnc3)CCO2)n[nH]1. The zero-order valence-electron chi connectivity index (χ0n) is 13.0. The molecule has 1 aliphatic heterocycles. The van der Waals surface area contributed by atoms with Crippen LogP contribution in [0.5, 0.6) is 0 Å². The monoisotopic (exact) mass is 316 g/mol. The summed E-state index contributed by atoms with van der Waals surface area (Å²) >= 11 is 0. The molecule has 0 bridgehead atoms. The summed E-state index contributed by atoms with van der Waals surface area (Å²) in [6.45, 7) is 4.19. The van der Waals surface area contributed by atoms with Gasteiger partial charge < -0.3 is 10.1 Å². The van der Waals surface area contributed by atoms with Gasteiger partial charge in [-0.15, -0.1) is 0 Å². The third-order valence-corrected chi connectivity index (χ3v) is 3.63. The van der Waals surface area contributed by atoms with Gasteiger partial charge in [-0.2, -0.15) is 5.10 Å². The fraction of sp³-hybridized carbons (Fsp3) is 0.467. The first-order valence-electron chi connectivity index (χ1n) is 7.69. The molecule has 8 nitrogen and oxygen atoms in total. The van der Waals surface area contributed by atoms with E-state index in [0.29, 0.717) is 37.8 Å². The largest absolute Gasteiger partial charge is 0.367 e. The molecule has 0 aromatic carbocycles. The molecule has 0 saturated carbocycles. The molecule has 0 aliphatic carbocycles. The van der Waals surface area contributed by atoms with Crippen molar-refractivity contribution >= 4 is 11.6 Å². The second kappa shape index (κ2) is 7.30. The highest BCUT2D eigenvalue weighted by Gasteiger charge is 2.26. The molecule has 8 heteroatoms. The van der Waals surface area contributed by atoms with Gasteiger partial charge in [-0.05, 0) is 12.1 Å². The first kappa shape index (κ1) is 15.6. The highest BCUT2D eigenvalue weighted by atomic mass is 16.5. The standard InChI is InChI=1S/C15H20N6O2/c1-2-13-18-15(20-19-13)12-9-21(6-7-23-12)10-14(22)17-11-4-3-5-16-8-11/h3-5,8,12H,2,6-7,9-10H2,1H3,(H,17,22)(H,18,19,20)/t12-/m1/s1. The zero-order chi connectivity index (χ0) is 16.1. The highest BCUT2D eigenvalue weighted by Crippen LogP contribution is 2.19. The number of anilines is 1. The van der Waals surface area contributed by atoms with Crippen LogP contribution in [0.3, 0.4) is 0 Å². The molecular formula is C15H20N6O2. The molecule has 2 aromatic heterocycles. The number of rotatable bonds is 5. The third kappa shape index (κ3) is 4.11. The smallest absolute Gasteiger partial charge is 0.238 e. The molecule has 1 fully saturated rings. The minimum Gasteiger partial charge on any atom is -0.367 e. The van der Waals surface area contributed by atoms with Gasteiger partial charge in [-0.1, -0.05) is 6.92 Å². The number of nitrogens with zero attached hydrogens (tertiary/aromatic N) is 4. The Kier molecular flexibility index (Phi) is 4.94. The van der Waals surface area contributed by atoms with Gasteiger partial charge >= 0.3 is 0 Å². The van der Waals surface area contributed by atoms with Crippen LogP contribution < -0.4 is 5.32 Å². The van der Waals surface area contributed by atoms with E-state index in [2.05, 4.69) is 25.5 Å². The Morgan fingerprint density at radius 3 is 3.22 bits per heavy atom. The molecule has 3 rings (SSSR count). The van der Waals surface area contributed by atoms with Gasteiger partial charge in [-0.3, -0.25) is 19.8 Å². The highest BCUT2D eigenvalue weighted by molar-refractivity contribution is 5.92. The van der Waals surface area contributed by atoms with Gasteiger partial charge in [0, 0.05) is 25.7 Å². The van der Waals surface area contributed by atoms with Crippen LogP contribution in [0.2, 0.25) is 0 Å². The summed E-state index contributed by atoms with van der Waals surface area (Å²) in [5.74, 6) is 1.43. The average Bonchev–Trinajstić information content (AvgIpc) is 3.05. The number of hydrogen-bond acceptors (Lipinski definition) is 6. The number of amides is 1. The van der Waals surface area contributed by atoms with Gasteiger partial charge in [-0.25, -0.2) is 4.98 Å². The van der Waals surface area contributed by atoms with Crippen LogP contribution >= 0.6 is 0 Å². The Morgan fingerprint density at radius 2 is 2.48 bits per heavy atom. The van der Waals surface area contributed by atoms with E-state index in [-0.39, 0.29) is 12.0 Å². The van der Waals surface area contributed by atoms with Gasteiger partial charge in [0.1, 0.15) is 11.9 Å². The van der Waals surface area contributed by atoms with E-state index < -0.39 is 0 Å².